The van der Waals surface area contributed by atoms with E-state index in [1.165, 1.54) is 12.8 Å². The molecule has 1 N–H and O–H groups in total. The molecular weight excluding hydrogens is 228 g/mol. The van der Waals surface area contributed by atoms with Crippen LogP contribution in [0.15, 0.2) is 12.1 Å². The van der Waals surface area contributed by atoms with Gasteiger partial charge in [-0.1, -0.05) is 0 Å². The Labute approximate surface area is 108 Å². The molecule has 0 spiro atoms. The Balaban J connectivity index is 2.10. The van der Waals surface area contributed by atoms with Crippen LogP contribution in [0.5, 0.6) is 0 Å². The first-order chi connectivity index (χ1) is 8.61. The van der Waals surface area contributed by atoms with Gasteiger partial charge in [0.25, 0.3) is 5.91 Å². The molecule has 1 saturated carbocycles. The fraction of sp³-hybridized carbons (Fsp3) is 0.615. The summed E-state index contributed by atoms with van der Waals surface area (Å²) >= 11 is 0. The van der Waals surface area contributed by atoms with Gasteiger partial charge in [0.1, 0.15) is 5.82 Å². The number of carbonyl (C=O) groups is 1. The quantitative estimate of drug-likeness (QED) is 0.863. The fourth-order valence-electron chi connectivity index (χ4n) is 1.83. The van der Waals surface area contributed by atoms with E-state index in [1.54, 1.807) is 19.2 Å². The number of carbonyl (C=O) groups excluding carboxylic acids is 1. The molecule has 0 aromatic carbocycles. The molecule has 0 bridgehead atoms. The van der Waals surface area contributed by atoms with E-state index >= 15 is 0 Å². The molecule has 1 amide bonds. The second kappa shape index (κ2) is 5.33. The Kier molecular flexibility index (Phi) is 3.79. The van der Waals surface area contributed by atoms with E-state index in [-0.39, 0.29) is 11.9 Å². The highest BCUT2D eigenvalue weighted by atomic mass is 16.2. The van der Waals surface area contributed by atoms with Crippen molar-refractivity contribution in [2.45, 2.75) is 32.7 Å². The van der Waals surface area contributed by atoms with Crippen LogP contribution in [0, 0.1) is 5.92 Å². The van der Waals surface area contributed by atoms with Crippen LogP contribution in [-0.4, -0.2) is 40.6 Å². The Bertz CT molecular complexity index is 412. The molecule has 98 valence electrons. The zero-order valence-corrected chi connectivity index (χ0v) is 11.2. The van der Waals surface area contributed by atoms with Gasteiger partial charge in [0.15, 0.2) is 5.69 Å². The van der Waals surface area contributed by atoms with Gasteiger partial charge in [-0.15, -0.1) is 10.2 Å². The Morgan fingerprint density at radius 1 is 1.44 bits per heavy atom. The maximum Gasteiger partial charge on any atom is 0.274 e. The van der Waals surface area contributed by atoms with Gasteiger partial charge in [-0.2, -0.15) is 0 Å². The lowest BCUT2D eigenvalue weighted by molar-refractivity contribution is 0.0689. The van der Waals surface area contributed by atoms with Crippen LogP contribution in [0.3, 0.4) is 0 Å². The summed E-state index contributed by atoms with van der Waals surface area (Å²) in [7, 11) is 1.78. The molecule has 1 aliphatic rings. The first-order valence-corrected chi connectivity index (χ1v) is 6.44. The van der Waals surface area contributed by atoms with E-state index in [9.17, 15) is 4.79 Å². The second-order valence-corrected chi connectivity index (χ2v) is 5.05. The summed E-state index contributed by atoms with van der Waals surface area (Å²) in [4.78, 5) is 14.2. The molecule has 1 aliphatic carbocycles. The number of amides is 1. The number of aromatic nitrogens is 2. The average Bonchev–Trinajstić information content (AvgIpc) is 3.19. The average molecular weight is 248 g/mol. The van der Waals surface area contributed by atoms with Gasteiger partial charge in [0.2, 0.25) is 0 Å². The molecule has 0 saturated heterocycles. The first kappa shape index (κ1) is 12.8. The third-order valence-corrected chi connectivity index (χ3v) is 3.18. The molecule has 1 heterocycles. The van der Waals surface area contributed by atoms with Crippen molar-refractivity contribution in [1.82, 2.24) is 15.1 Å². The standard InChI is InChI=1S/C13H20N4O/c1-9(2)17(8-10-4-5-10)13(18)11-6-7-12(14-3)16-15-11/h6-7,9-10H,4-5,8H2,1-3H3,(H,14,16). The summed E-state index contributed by atoms with van der Waals surface area (Å²) in [5, 5.41) is 10.8. The van der Waals surface area contributed by atoms with E-state index in [2.05, 4.69) is 15.5 Å². The van der Waals surface area contributed by atoms with Crippen LogP contribution in [0.4, 0.5) is 5.82 Å². The summed E-state index contributed by atoms with van der Waals surface area (Å²) in [6, 6.07) is 3.70. The van der Waals surface area contributed by atoms with Gasteiger partial charge in [-0.25, -0.2) is 0 Å². The summed E-state index contributed by atoms with van der Waals surface area (Å²) < 4.78 is 0. The Hall–Kier alpha value is -1.65. The Morgan fingerprint density at radius 2 is 2.17 bits per heavy atom. The zero-order chi connectivity index (χ0) is 13.1. The molecule has 1 fully saturated rings. The minimum absolute atomic E-state index is 0.0212. The van der Waals surface area contributed by atoms with Crippen molar-refractivity contribution < 1.29 is 4.79 Å². The minimum Gasteiger partial charge on any atom is -0.372 e. The SMILES string of the molecule is CNc1ccc(C(=O)N(CC2CC2)C(C)C)nn1. The lowest BCUT2D eigenvalue weighted by atomic mass is 10.2. The molecular formula is C13H20N4O. The van der Waals surface area contributed by atoms with Crippen molar-refractivity contribution in [2.75, 3.05) is 18.9 Å². The summed E-state index contributed by atoms with van der Waals surface area (Å²) in [5.74, 6) is 1.33. The van der Waals surface area contributed by atoms with Crippen LogP contribution in [0.25, 0.3) is 0 Å². The van der Waals surface area contributed by atoms with Gasteiger partial charge in [0.05, 0.1) is 0 Å². The summed E-state index contributed by atoms with van der Waals surface area (Å²) in [6.45, 7) is 4.91. The van der Waals surface area contributed by atoms with Gasteiger partial charge >= 0.3 is 0 Å². The van der Waals surface area contributed by atoms with Gasteiger partial charge < -0.3 is 10.2 Å². The maximum atomic E-state index is 12.4. The first-order valence-electron chi connectivity index (χ1n) is 6.44. The van der Waals surface area contributed by atoms with Crippen LogP contribution in [0.1, 0.15) is 37.2 Å². The van der Waals surface area contributed by atoms with Crippen LogP contribution >= 0.6 is 0 Å². The van der Waals surface area contributed by atoms with Gasteiger partial charge in [-0.3, -0.25) is 4.79 Å². The molecule has 5 nitrogen and oxygen atoms in total. The molecule has 18 heavy (non-hydrogen) atoms. The van der Waals surface area contributed by atoms with E-state index in [0.29, 0.717) is 17.4 Å². The van der Waals surface area contributed by atoms with Gasteiger partial charge in [-0.05, 0) is 44.7 Å². The second-order valence-electron chi connectivity index (χ2n) is 5.05. The third kappa shape index (κ3) is 2.97. The maximum absolute atomic E-state index is 12.4. The topological polar surface area (TPSA) is 58.1 Å². The van der Waals surface area contributed by atoms with E-state index in [0.717, 1.165) is 6.54 Å². The van der Waals surface area contributed by atoms with E-state index in [4.69, 9.17) is 0 Å². The largest absolute Gasteiger partial charge is 0.372 e. The van der Waals surface area contributed by atoms with Crippen molar-refractivity contribution in [3.63, 3.8) is 0 Å². The van der Waals surface area contributed by atoms with E-state index in [1.807, 2.05) is 18.7 Å². The number of nitrogens with zero attached hydrogens (tertiary/aromatic N) is 3. The molecule has 0 aliphatic heterocycles. The third-order valence-electron chi connectivity index (χ3n) is 3.18. The number of hydrogen-bond acceptors (Lipinski definition) is 4. The lowest BCUT2D eigenvalue weighted by Gasteiger charge is -2.26. The lowest BCUT2D eigenvalue weighted by Crippen LogP contribution is -2.39. The van der Waals surface area contributed by atoms with Gasteiger partial charge in [0, 0.05) is 19.6 Å². The highest BCUT2D eigenvalue weighted by Gasteiger charge is 2.29. The molecule has 2 rings (SSSR count). The van der Waals surface area contributed by atoms with Crippen molar-refractivity contribution in [1.29, 1.82) is 0 Å². The fourth-order valence-corrected chi connectivity index (χ4v) is 1.83. The highest BCUT2D eigenvalue weighted by molar-refractivity contribution is 5.92. The normalized spacial score (nSPS) is 14.7. The number of hydrogen-bond donors (Lipinski definition) is 1. The minimum atomic E-state index is -0.0212. The zero-order valence-electron chi connectivity index (χ0n) is 11.2. The predicted octanol–water partition coefficient (Wildman–Crippen LogP) is 1.78. The van der Waals surface area contributed by atoms with Crippen LogP contribution in [0.2, 0.25) is 0 Å². The number of rotatable bonds is 5. The monoisotopic (exact) mass is 248 g/mol. The highest BCUT2D eigenvalue weighted by Crippen LogP contribution is 2.30. The van der Waals surface area contributed by atoms with Crippen LogP contribution < -0.4 is 5.32 Å². The molecule has 0 unspecified atom stereocenters. The Morgan fingerprint density at radius 3 is 2.61 bits per heavy atom. The smallest absolute Gasteiger partial charge is 0.274 e. The van der Waals surface area contributed by atoms with Crippen molar-refractivity contribution in [3.8, 4) is 0 Å². The summed E-state index contributed by atoms with van der Waals surface area (Å²) in [6.07, 6.45) is 2.47. The molecule has 1 aromatic rings. The van der Waals surface area contributed by atoms with Crippen molar-refractivity contribution in [3.05, 3.63) is 17.8 Å². The molecule has 0 atom stereocenters. The number of anilines is 1. The molecule has 0 radical (unpaired) electrons. The predicted molar refractivity (Wildman–Crippen MR) is 70.5 cm³/mol. The van der Waals surface area contributed by atoms with Crippen LogP contribution in [-0.2, 0) is 0 Å². The van der Waals surface area contributed by atoms with E-state index < -0.39 is 0 Å². The van der Waals surface area contributed by atoms with Crippen molar-refractivity contribution >= 4 is 11.7 Å². The molecule has 1 aromatic heterocycles. The molecule has 5 heteroatoms. The van der Waals surface area contributed by atoms with Crippen molar-refractivity contribution in [2.24, 2.45) is 5.92 Å². The summed E-state index contributed by atoms with van der Waals surface area (Å²) in [5.41, 5.74) is 0.420. The number of nitrogens with one attached hydrogen (secondary N) is 1.